The zero-order chi connectivity index (χ0) is 10.6. The van der Waals surface area contributed by atoms with E-state index in [2.05, 4.69) is 23.4 Å². The molecular weight excluding hydrogens is 174 g/mol. The Morgan fingerprint density at radius 2 is 2.21 bits per heavy atom. The van der Waals surface area contributed by atoms with E-state index in [1.807, 2.05) is 19.4 Å². The van der Waals surface area contributed by atoms with Gasteiger partial charge in [-0.3, -0.25) is 0 Å². The summed E-state index contributed by atoms with van der Waals surface area (Å²) in [6, 6.07) is 0.266. The van der Waals surface area contributed by atoms with E-state index in [9.17, 15) is 0 Å². The topological polar surface area (TPSA) is 43.8 Å². The molecule has 2 atom stereocenters. The molecule has 3 heteroatoms. The van der Waals surface area contributed by atoms with Crippen LogP contribution in [0, 0.1) is 0 Å². The number of hydrogen-bond donors (Lipinski definition) is 1. The molecule has 1 aromatic heterocycles. The molecule has 3 nitrogen and oxygen atoms in total. The third-order valence-electron chi connectivity index (χ3n) is 2.69. The normalized spacial score (nSPS) is 15.4. The molecule has 0 aliphatic rings. The highest BCUT2D eigenvalue weighted by molar-refractivity contribution is 5.04. The Balaban J connectivity index is 2.62. The molecule has 2 unspecified atom stereocenters. The zero-order valence-corrected chi connectivity index (χ0v) is 9.40. The van der Waals surface area contributed by atoms with E-state index < -0.39 is 0 Å². The Hall–Kier alpha value is -0.830. The summed E-state index contributed by atoms with van der Waals surface area (Å²) in [6.45, 7) is 7.46. The second-order valence-corrected chi connectivity index (χ2v) is 4.09. The lowest BCUT2D eigenvalue weighted by Gasteiger charge is -2.13. The molecule has 0 aliphatic heterocycles. The maximum Gasteiger partial charge on any atom is 0.0948 e. The van der Waals surface area contributed by atoms with Crippen molar-refractivity contribution in [1.29, 1.82) is 0 Å². The van der Waals surface area contributed by atoms with E-state index >= 15 is 0 Å². The lowest BCUT2D eigenvalue weighted by molar-refractivity contribution is 0.538. The fourth-order valence-corrected chi connectivity index (χ4v) is 1.48. The molecule has 0 bridgehead atoms. The summed E-state index contributed by atoms with van der Waals surface area (Å²) in [7, 11) is 0. The molecule has 0 saturated heterocycles. The van der Waals surface area contributed by atoms with E-state index in [-0.39, 0.29) is 6.04 Å². The minimum Gasteiger partial charge on any atom is -0.334 e. The highest BCUT2D eigenvalue weighted by atomic mass is 15.0. The zero-order valence-electron chi connectivity index (χ0n) is 9.40. The minimum absolute atomic E-state index is 0.266. The molecule has 0 aliphatic carbocycles. The standard InChI is InChI=1S/C11H21N3/c1-4-9(2)11-7-13-8-14(11)6-5-10(3)12/h7-10H,4-6,12H2,1-3H3. The van der Waals surface area contributed by atoms with Gasteiger partial charge in [0.1, 0.15) is 0 Å². The van der Waals surface area contributed by atoms with Crippen molar-refractivity contribution in [3.63, 3.8) is 0 Å². The predicted octanol–water partition coefficient (Wildman–Crippen LogP) is 2.13. The van der Waals surface area contributed by atoms with Crippen LogP contribution in [0.3, 0.4) is 0 Å². The fourth-order valence-electron chi connectivity index (χ4n) is 1.48. The van der Waals surface area contributed by atoms with Crippen LogP contribution in [0.15, 0.2) is 12.5 Å². The van der Waals surface area contributed by atoms with E-state index in [0.29, 0.717) is 5.92 Å². The lowest BCUT2D eigenvalue weighted by atomic mass is 10.1. The summed E-state index contributed by atoms with van der Waals surface area (Å²) in [5.41, 5.74) is 7.06. The van der Waals surface area contributed by atoms with Gasteiger partial charge in [0.25, 0.3) is 0 Å². The molecule has 1 heterocycles. The van der Waals surface area contributed by atoms with Crippen LogP contribution >= 0.6 is 0 Å². The van der Waals surface area contributed by atoms with Gasteiger partial charge in [-0.05, 0) is 25.7 Å². The van der Waals surface area contributed by atoms with Crippen molar-refractivity contribution >= 4 is 0 Å². The van der Waals surface area contributed by atoms with Crippen molar-refractivity contribution in [3.05, 3.63) is 18.2 Å². The third-order valence-corrected chi connectivity index (χ3v) is 2.69. The fraction of sp³-hybridized carbons (Fsp3) is 0.727. The first-order valence-corrected chi connectivity index (χ1v) is 5.40. The Labute approximate surface area is 86.3 Å². The number of aromatic nitrogens is 2. The lowest BCUT2D eigenvalue weighted by Crippen LogP contribution is -2.18. The summed E-state index contributed by atoms with van der Waals surface area (Å²) in [5, 5.41) is 0. The van der Waals surface area contributed by atoms with Gasteiger partial charge in [0.05, 0.1) is 6.33 Å². The van der Waals surface area contributed by atoms with E-state index in [1.165, 1.54) is 5.69 Å². The van der Waals surface area contributed by atoms with Crippen LogP contribution in [0.2, 0.25) is 0 Å². The Kier molecular flexibility index (Phi) is 4.14. The average molecular weight is 195 g/mol. The van der Waals surface area contributed by atoms with Crippen molar-refractivity contribution in [3.8, 4) is 0 Å². The summed E-state index contributed by atoms with van der Waals surface area (Å²) in [6.07, 6.45) is 6.04. The molecule has 0 fully saturated rings. The molecule has 0 radical (unpaired) electrons. The number of imidazole rings is 1. The molecule has 80 valence electrons. The van der Waals surface area contributed by atoms with E-state index in [1.54, 1.807) is 0 Å². The molecule has 1 aromatic rings. The molecule has 0 saturated carbocycles. The number of hydrogen-bond acceptors (Lipinski definition) is 2. The van der Waals surface area contributed by atoms with Gasteiger partial charge in [-0.1, -0.05) is 13.8 Å². The van der Waals surface area contributed by atoms with Crippen LogP contribution in [0.1, 0.15) is 45.2 Å². The smallest absolute Gasteiger partial charge is 0.0948 e. The second-order valence-electron chi connectivity index (χ2n) is 4.09. The van der Waals surface area contributed by atoms with Crippen LogP contribution in [0.25, 0.3) is 0 Å². The van der Waals surface area contributed by atoms with Crippen molar-refractivity contribution in [2.75, 3.05) is 0 Å². The quantitative estimate of drug-likeness (QED) is 0.782. The highest BCUT2D eigenvalue weighted by Crippen LogP contribution is 2.18. The van der Waals surface area contributed by atoms with Crippen LogP contribution in [-0.4, -0.2) is 15.6 Å². The van der Waals surface area contributed by atoms with Crippen molar-refractivity contribution in [2.24, 2.45) is 5.73 Å². The van der Waals surface area contributed by atoms with Gasteiger partial charge in [0.2, 0.25) is 0 Å². The summed E-state index contributed by atoms with van der Waals surface area (Å²) in [4.78, 5) is 4.19. The van der Waals surface area contributed by atoms with Gasteiger partial charge in [-0.25, -0.2) is 4.98 Å². The number of nitrogens with two attached hydrogens (primary N) is 1. The van der Waals surface area contributed by atoms with Crippen LogP contribution in [-0.2, 0) is 6.54 Å². The summed E-state index contributed by atoms with van der Waals surface area (Å²) < 4.78 is 2.22. The van der Waals surface area contributed by atoms with Gasteiger partial charge in [-0.15, -0.1) is 0 Å². The van der Waals surface area contributed by atoms with E-state index in [4.69, 9.17) is 5.73 Å². The largest absolute Gasteiger partial charge is 0.334 e. The van der Waals surface area contributed by atoms with E-state index in [0.717, 1.165) is 19.4 Å². The Morgan fingerprint density at radius 3 is 2.79 bits per heavy atom. The van der Waals surface area contributed by atoms with Gasteiger partial charge in [-0.2, -0.15) is 0 Å². The maximum atomic E-state index is 5.73. The van der Waals surface area contributed by atoms with Crippen LogP contribution < -0.4 is 5.73 Å². The number of aryl methyl sites for hydroxylation is 1. The van der Waals surface area contributed by atoms with Crippen molar-refractivity contribution in [2.45, 2.75) is 52.1 Å². The monoisotopic (exact) mass is 195 g/mol. The van der Waals surface area contributed by atoms with Crippen LogP contribution in [0.4, 0.5) is 0 Å². The molecule has 0 aromatic carbocycles. The Morgan fingerprint density at radius 1 is 1.50 bits per heavy atom. The SMILES string of the molecule is CCC(C)c1cncn1CCC(C)N. The summed E-state index contributed by atoms with van der Waals surface area (Å²) >= 11 is 0. The molecule has 2 N–H and O–H groups in total. The van der Waals surface area contributed by atoms with Gasteiger partial charge >= 0.3 is 0 Å². The summed E-state index contributed by atoms with van der Waals surface area (Å²) in [5.74, 6) is 0.589. The Bertz CT molecular complexity index is 265. The number of nitrogens with zero attached hydrogens (tertiary/aromatic N) is 2. The first kappa shape index (κ1) is 11.2. The van der Waals surface area contributed by atoms with Gasteiger partial charge in [0, 0.05) is 24.5 Å². The van der Waals surface area contributed by atoms with Crippen molar-refractivity contribution in [1.82, 2.24) is 9.55 Å². The second kappa shape index (κ2) is 5.15. The molecule has 14 heavy (non-hydrogen) atoms. The molecule has 1 rings (SSSR count). The predicted molar refractivity (Wildman–Crippen MR) is 59.2 cm³/mol. The molecular formula is C11H21N3. The molecule has 0 spiro atoms. The van der Waals surface area contributed by atoms with Crippen molar-refractivity contribution < 1.29 is 0 Å². The molecule has 0 amide bonds. The minimum atomic E-state index is 0.266. The first-order valence-electron chi connectivity index (χ1n) is 5.40. The highest BCUT2D eigenvalue weighted by Gasteiger charge is 2.08. The maximum absolute atomic E-state index is 5.73. The number of rotatable bonds is 5. The van der Waals surface area contributed by atoms with Gasteiger partial charge < -0.3 is 10.3 Å². The third kappa shape index (κ3) is 2.84. The van der Waals surface area contributed by atoms with Gasteiger partial charge in [0.15, 0.2) is 0 Å². The first-order chi connectivity index (χ1) is 6.65. The van der Waals surface area contributed by atoms with Crippen LogP contribution in [0.5, 0.6) is 0 Å². The average Bonchev–Trinajstić information content (AvgIpc) is 2.61.